The summed E-state index contributed by atoms with van der Waals surface area (Å²) in [5.74, 6) is -0.455. The lowest BCUT2D eigenvalue weighted by atomic mass is 10.1. The average molecular weight is 274 g/mol. The molecule has 0 aliphatic carbocycles. The number of fused-ring (bicyclic) bond motifs is 1. The Balaban J connectivity index is 2.32. The Kier molecular flexibility index (Phi) is 4.53. The summed E-state index contributed by atoms with van der Waals surface area (Å²) in [6.45, 7) is 5.12. The highest BCUT2D eigenvalue weighted by Gasteiger charge is 2.11. The van der Waals surface area contributed by atoms with Gasteiger partial charge in [-0.2, -0.15) is 0 Å². The summed E-state index contributed by atoms with van der Waals surface area (Å²) >= 11 is 0. The van der Waals surface area contributed by atoms with E-state index in [4.69, 9.17) is 9.84 Å². The van der Waals surface area contributed by atoms with Crippen molar-refractivity contribution in [3.63, 3.8) is 0 Å². The van der Waals surface area contributed by atoms with E-state index in [-0.39, 0.29) is 11.8 Å². The zero-order valence-corrected chi connectivity index (χ0v) is 11.6. The SMILES string of the molecule is CCOC(C)CNc1nc(C(=O)O)cc2ccccc12. The number of carbonyl (C=O) groups is 1. The van der Waals surface area contributed by atoms with Crippen LogP contribution in [0, 0.1) is 0 Å². The van der Waals surface area contributed by atoms with E-state index in [1.165, 1.54) is 0 Å². The Morgan fingerprint density at radius 2 is 2.20 bits per heavy atom. The molecule has 1 aromatic heterocycles. The molecule has 0 amide bonds. The molecule has 1 heterocycles. The van der Waals surface area contributed by atoms with E-state index in [1.54, 1.807) is 6.07 Å². The summed E-state index contributed by atoms with van der Waals surface area (Å²) in [7, 11) is 0. The number of aromatic nitrogens is 1. The van der Waals surface area contributed by atoms with Crippen LogP contribution in [0.4, 0.5) is 5.82 Å². The number of carboxylic acids is 1. The van der Waals surface area contributed by atoms with Crippen molar-refractivity contribution in [2.75, 3.05) is 18.5 Å². The predicted molar refractivity (Wildman–Crippen MR) is 78.3 cm³/mol. The van der Waals surface area contributed by atoms with Crippen molar-refractivity contribution >= 4 is 22.6 Å². The maximum absolute atomic E-state index is 11.1. The third-order valence-electron chi connectivity index (χ3n) is 2.97. The molecule has 5 heteroatoms. The first-order chi connectivity index (χ1) is 9.61. The van der Waals surface area contributed by atoms with Gasteiger partial charge in [-0.3, -0.25) is 0 Å². The molecule has 1 aromatic carbocycles. The highest BCUT2D eigenvalue weighted by atomic mass is 16.5. The maximum atomic E-state index is 11.1. The fourth-order valence-electron chi connectivity index (χ4n) is 2.03. The molecule has 0 aliphatic rings. The Morgan fingerprint density at radius 3 is 2.90 bits per heavy atom. The van der Waals surface area contributed by atoms with Gasteiger partial charge in [0.15, 0.2) is 5.69 Å². The van der Waals surface area contributed by atoms with Gasteiger partial charge >= 0.3 is 5.97 Å². The van der Waals surface area contributed by atoms with Crippen molar-refractivity contribution in [2.45, 2.75) is 20.0 Å². The number of carboxylic acid groups (broad SMARTS) is 1. The molecule has 0 spiro atoms. The van der Waals surface area contributed by atoms with Crippen LogP contribution in [0.25, 0.3) is 10.8 Å². The summed E-state index contributed by atoms with van der Waals surface area (Å²) in [6.07, 6.45) is 0.0362. The van der Waals surface area contributed by atoms with E-state index in [1.807, 2.05) is 38.1 Å². The molecule has 0 saturated heterocycles. The van der Waals surface area contributed by atoms with Crippen LogP contribution in [0.1, 0.15) is 24.3 Å². The lowest BCUT2D eigenvalue weighted by Gasteiger charge is -2.14. The molecular weight excluding hydrogens is 256 g/mol. The Labute approximate surface area is 117 Å². The first kappa shape index (κ1) is 14.3. The van der Waals surface area contributed by atoms with Crippen LogP contribution < -0.4 is 5.32 Å². The van der Waals surface area contributed by atoms with Crippen molar-refractivity contribution in [2.24, 2.45) is 0 Å². The molecule has 1 unspecified atom stereocenters. The van der Waals surface area contributed by atoms with Gasteiger partial charge in [0.2, 0.25) is 0 Å². The molecule has 2 aromatic rings. The minimum atomic E-state index is -1.03. The summed E-state index contributed by atoms with van der Waals surface area (Å²) in [4.78, 5) is 15.3. The van der Waals surface area contributed by atoms with Crippen LogP contribution in [-0.4, -0.2) is 35.3 Å². The van der Waals surface area contributed by atoms with E-state index >= 15 is 0 Å². The minimum absolute atomic E-state index is 0.0362. The highest BCUT2D eigenvalue weighted by molar-refractivity contribution is 5.97. The van der Waals surface area contributed by atoms with E-state index < -0.39 is 5.97 Å². The summed E-state index contributed by atoms with van der Waals surface area (Å²) in [5.41, 5.74) is 0.0373. The molecule has 106 valence electrons. The van der Waals surface area contributed by atoms with Crippen LogP contribution in [0.5, 0.6) is 0 Å². The quantitative estimate of drug-likeness (QED) is 0.847. The van der Waals surface area contributed by atoms with Gasteiger partial charge in [0.25, 0.3) is 0 Å². The number of nitrogens with one attached hydrogen (secondary N) is 1. The number of anilines is 1. The summed E-state index contributed by atoms with van der Waals surface area (Å²) in [6, 6.07) is 9.15. The number of ether oxygens (including phenoxy) is 1. The van der Waals surface area contributed by atoms with Gasteiger partial charge in [-0.05, 0) is 25.3 Å². The Hall–Kier alpha value is -2.14. The first-order valence-corrected chi connectivity index (χ1v) is 6.60. The highest BCUT2D eigenvalue weighted by Crippen LogP contribution is 2.22. The maximum Gasteiger partial charge on any atom is 0.354 e. The predicted octanol–water partition coefficient (Wildman–Crippen LogP) is 2.77. The molecule has 0 aliphatic heterocycles. The van der Waals surface area contributed by atoms with Crippen LogP contribution in [-0.2, 0) is 4.74 Å². The molecule has 5 nitrogen and oxygen atoms in total. The lowest BCUT2D eigenvalue weighted by Crippen LogP contribution is -2.20. The lowest BCUT2D eigenvalue weighted by molar-refractivity contribution is 0.0691. The van der Waals surface area contributed by atoms with Crippen molar-refractivity contribution in [1.29, 1.82) is 0 Å². The molecule has 0 fully saturated rings. The van der Waals surface area contributed by atoms with Gasteiger partial charge in [-0.25, -0.2) is 9.78 Å². The molecular formula is C15H18N2O3. The normalized spacial score (nSPS) is 12.3. The number of aromatic carboxylic acids is 1. The topological polar surface area (TPSA) is 71.5 Å². The monoisotopic (exact) mass is 274 g/mol. The fourth-order valence-corrected chi connectivity index (χ4v) is 2.03. The number of benzene rings is 1. The molecule has 1 atom stereocenters. The van der Waals surface area contributed by atoms with Crippen molar-refractivity contribution in [1.82, 2.24) is 4.98 Å². The molecule has 0 bridgehead atoms. The Morgan fingerprint density at radius 1 is 1.45 bits per heavy atom. The smallest absolute Gasteiger partial charge is 0.354 e. The van der Waals surface area contributed by atoms with Crippen molar-refractivity contribution < 1.29 is 14.6 Å². The van der Waals surface area contributed by atoms with Crippen LogP contribution >= 0.6 is 0 Å². The van der Waals surface area contributed by atoms with Crippen molar-refractivity contribution in [3.8, 4) is 0 Å². The summed E-state index contributed by atoms with van der Waals surface area (Å²) in [5, 5.41) is 14.0. The van der Waals surface area contributed by atoms with E-state index in [9.17, 15) is 4.79 Å². The zero-order valence-electron chi connectivity index (χ0n) is 11.6. The second kappa shape index (κ2) is 6.34. The minimum Gasteiger partial charge on any atom is -0.477 e. The summed E-state index contributed by atoms with van der Waals surface area (Å²) < 4.78 is 5.45. The molecule has 0 saturated carbocycles. The zero-order chi connectivity index (χ0) is 14.5. The molecule has 2 rings (SSSR count). The Bertz CT molecular complexity index is 613. The number of hydrogen-bond donors (Lipinski definition) is 2. The second-order valence-corrected chi connectivity index (χ2v) is 4.53. The van der Waals surface area contributed by atoms with E-state index in [2.05, 4.69) is 10.3 Å². The van der Waals surface area contributed by atoms with Gasteiger partial charge in [0.1, 0.15) is 5.82 Å². The van der Waals surface area contributed by atoms with Crippen LogP contribution in [0.15, 0.2) is 30.3 Å². The fraction of sp³-hybridized carbons (Fsp3) is 0.333. The van der Waals surface area contributed by atoms with Gasteiger partial charge < -0.3 is 15.2 Å². The third kappa shape index (κ3) is 3.24. The van der Waals surface area contributed by atoms with Crippen LogP contribution in [0.3, 0.4) is 0 Å². The molecule has 0 radical (unpaired) electrons. The standard InChI is InChI=1S/C15H18N2O3/c1-3-20-10(2)9-16-14-12-7-5-4-6-11(12)8-13(17-14)15(18)19/h4-8,10H,3,9H2,1-2H3,(H,16,17)(H,18,19). The van der Waals surface area contributed by atoms with E-state index in [0.717, 1.165) is 10.8 Å². The van der Waals surface area contributed by atoms with Gasteiger partial charge in [-0.1, -0.05) is 24.3 Å². The molecule has 2 N–H and O–H groups in total. The molecule has 20 heavy (non-hydrogen) atoms. The van der Waals surface area contributed by atoms with Gasteiger partial charge in [-0.15, -0.1) is 0 Å². The van der Waals surface area contributed by atoms with Crippen LogP contribution in [0.2, 0.25) is 0 Å². The largest absolute Gasteiger partial charge is 0.477 e. The number of hydrogen-bond acceptors (Lipinski definition) is 4. The van der Waals surface area contributed by atoms with Gasteiger partial charge in [0, 0.05) is 18.5 Å². The first-order valence-electron chi connectivity index (χ1n) is 6.60. The number of nitrogens with zero attached hydrogens (tertiary/aromatic N) is 1. The van der Waals surface area contributed by atoms with E-state index in [0.29, 0.717) is 19.0 Å². The van der Waals surface area contributed by atoms with Gasteiger partial charge in [0.05, 0.1) is 6.10 Å². The number of pyridine rings is 1. The number of rotatable bonds is 6. The average Bonchev–Trinajstić information content (AvgIpc) is 2.44. The second-order valence-electron chi connectivity index (χ2n) is 4.53. The van der Waals surface area contributed by atoms with Crippen molar-refractivity contribution in [3.05, 3.63) is 36.0 Å². The third-order valence-corrected chi connectivity index (χ3v) is 2.97.